The second-order valence-corrected chi connectivity index (χ2v) is 11.4. The van der Waals surface area contributed by atoms with E-state index in [2.05, 4.69) is 31.9 Å². The average molecular weight is 644 g/mol. The number of hydrogen-bond acceptors (Lipinski definition) is 5. The van der Waals surface area contributed by atoms with Gasteiger partial charge in [-0.1, -0.05) is 58.4 Å². The Hall–Kier alpha value is -4.67. The number of amides is 4. The molecule has 4 amide bonds. The van der Waals surface area contributed by atoms with Gasteiger partial charge in [0, 0.05) is 20.6 Å². The molecule has 1 unspecified atom stereocenters. The number of hydrogen-bond donors (Lipinski definition) is 4. The van der Waals surface area contributed by atoms with Gasteiger partial charge in [-0.25, -0.2) is 0 Å². The number of rotatable bonds is 10. The van der Waals surface area contributed by atoms with Gasteiger partial charge in [-0.2, -0.15) is 0 Å². The van der Waals surface area contributed by atoms with E-state index in [-0.39, 0.29) is 17.2 Å². The van der Waals surface area contributed by atoms with E-state index in [0.717, 1.165) is 14.9 Å². The molecule has 0 aromatic heterocycles. The van der Waals surface area contributed by atoms with E-state index in [1.54, 1.807) is 91.9 Å². The Bertz CT molecular complexity index is 1640. The Morgan fingerprint density at radius 3 is 2.21 bits per heavy atom. The molecule has 0 bridgehead atoms. The van der Waals surface area contributed by atoms with Crippen molar-refractivity contribution in [2.45, 2.75) is 17.1 Å². The van der Waals surface area contributed by atoms with Crippen LogP contribution in [-0.4, -0.2) is 28.9 Å². The van der Waals surface area contributed by atoms with Crippen LogP contribution in [-0.2, 0) is 9.59 Å². The number of anilines is 2. The fourth-order valence-corrected chi connectivity index (χ4v) is 5.10. The Morgan fingerprint density at radius 2 is 1.52 bits per heavy atom. The molecule has 0 radical (unpaired) electrons. The Balaban J connectivity index is 1.43. The molecule has 42 heavy (non-hydrogen) atoms. The summed E-state index contributed by atoms with van der Waals surface area (Å²) in [4.78, 5) is 51.3. The van der Waals surface area contributed by atoms with Crippen molar-refractivity contribution >= 4 is 68.8 Å². The van der Waals surface area contributed by atoms with Gasteiger partial charge in [0.1, 0.15) is 5.70 Å². The summed E-state index contributed by atoms with van der Waals surface area (Å²) in [6.07, 6.45) is 1.60. The fraction of sp³-hybridized carbons (Fsp3) is 0.0625. The van der Waals surface area contributed by atoms with Crippen LogP contribution in [0.25, 0.3) is 6.08 Å². The van der Waals surface area contributed by atoms with Crippen LogP contribution < -0.4 is 21.7 Å². The number of carbonyl (C=O) groups is 4. The Morgan fingerprint density at radius 1 is 0.833 bits per heavy atom. The van der Waals surface area contributed by atoms with Gasteiger partial charge < -0.3 is 21.7 Å². The highest BCUT2D eigenvalue weighted by molar-refractivity contribution is 9.10. The zero-order valence-electron chi connectivity index (χ0n) is 22.5. The molecule has 5 N–H and O–H groups in total. The first-order valence-electron chi connectivity index (χ1n) is 12.8. The lowest BCUT2D eigenvalue weighted by Gasteiger charge is -2.14. The largest absolute Gasteiger partial charge is 0.366 e. The van der Waals surface area contributed by atoms with E-state index < -0.39 is 23.0 Å². The first-order chi connectivity index (χ1) is 20.2. The minimum Gasteiger partial charge on any atom is -0.366 e. The fourth-order valence-electron chi connectivity index (χ4n) is 3.82. The molecule has 1 atom stereocenters. The van der Waals surface area contributed by atoms with Crippen molar-refractivity contribution in [1.82, 2.24) is 5.32 Å². The predicted octanol–water partition coefficient (Wildman–Crippen LogP) is 6.08. The molecule has 0 saturated carbocycles. The number of benzene rings is 4. The lowest BCUT2D eigenvalue weighted by atomic mass is 10.1. The zero-order chi connectivity index (χ0) is 30.1. The number of carbonyl (C=O) groups excluding carboxylic acids is 4. The molecule has 0 aliphatic carbocycles. The second kappa shape index (κ2) is 14.3. The van der Waals surface area contributed by atoms with E-state index in [1.807, 2.05) is 24.3 Å². The summed E-state index contributed by atoms with van der Waals surface area (Å²) in [7, 11) is 0. The number of halogens is 1. The minimum atomic E-state index is -0.627. The molecule has 0 aliphatic heterocycles. The van der Waals surface area contributed by atoms with Crippen LogP contribution in [0.3, 0.4) is 0 Å². The van der Waals surface area contributed by atoms with E-state index in [0.29, 0.717) is 16.9 Å². The van der Waals surface area contributed by atoms with Crippen LogP contribution in [0.2, 0.25) is 0 Å². The number of nitrogens with one attached hydrogen (secondary N) is 3. The Kier molecular flexibility index (Phi) is 10.3. The molecule has 0 heterocycles. The number of thioether (sulfide) groups is 1. The predicted molar refractivity (Wildman–Crippen MR) is 170 cm³/mol. The van der Waals surface area contributed by atoms with E-state index in [4.69, 9.17) is 5.73 Å². The van der Waals surface area contributed by atoms with Crippen molar-refractivity contribution in [2.75, 3.05) is 10.6 Å². The summed E-state index contributed by atoms with van der Waals surface area (Å²) in [5, 5.41) is 7.80. The third-order valence-corrected chi connectivity index (χ3v) is 7.54. The molecule has 8 nitrogen and oxygen atoms in total. The highest BCUT2D eigenvalue weighted by Gasteiger charge is 2.18. The van der Waals surface area contributed by atoms with Gasteiger partial charge in [-0.05, 0) is 79.2 Å². The van der Waals surface area contributed by atoms with E-state index >= 15 is 0 Å². The van der Waals surface area contributed by atoms with Crippen molar-refractivity contribution in [3.05, 3.63) is 130 Å². The van der Waals surface area contributed by atoms with Crippen molar-refractivity contribution < 1.29 is 19.2 Å². The monoisotopic (exact) mass is 642 g/mol. The lowest BCUT2D eigenvalue weighted by Crippen LogP contribution is -2.30. The van der Waals surface area contributed by atoms with Crippen LogP contribution in [0.15, 0.2) is 118 Å². The number of nitrogens with two attached hydrogens (primary N) is 1. The smallest absolute Gasteiger partial charge is 0.272 e. The SMILES string of the molecule is CC(Sc1ccc(NC(=O)/C(=C/c2cccc(Br)c2)NC(=O)c2ccccc2)cc1)C(=O)Nc1ccccc1C(N)=O. The molecule has 10 heteroatoms. The molecule has 212 valence electrons. The van der Waals surface area contributed by atoms with Gasteiger partial charge in [0.15, 0.2) is 0 Å². The van der Waals surface area contributed by atoms with Gasteiger partial charge in [0.2, 0.25) is 5.91 Å². The third-order valence-electron chi connectivity index (χ3n) is 5.93. The first kappa shape index (κ1) is 30.3. The normalized spacial score (nSPS) is 11.7. The summed E-state index contributed by atoms with van der Waals surface area (Å²) >= 11 is 4.74. The summed E-state index contributed by atoms with van der Waals surface area (Å²) in [5.74, 6) is -1.83. The summed E-state index contributed by atoms with van der Waals surface area (Å²) in [6, 6.07) is 29.5. The summed E-state index contributed by atoms with van der Waals surface area (Å²) in [6.45, 7) is 1.75. The molecule has 0 fully saturated rings. The second-order valence-electron chi connectivity index (χ2n) is 9.07. The van der Waals surface area contributed by atoms with Gasteiger partial charge in [-0.15, -0.1) is 11.8 Å². The summed E-state index contributed by atoms with van der Waals surface area (Å²) < 4.78 is 0.832. The lowest BCUT2D eigenvalue weighted by molar-refractivity contribution is -0.115. The molecule has 4 rings (SSSR count). The van der Waals surface area contributed by atoms with Gasteiger partial charge in [0.25, 0.3) is 17.7 Å². The van der Waals surface area contributed by atoms with Crippen molar-refractivity contribution in [1.29, 1.82) is 0 Å². The number of primary amides is 1. The standard InChI is InChI=1S/C32H27BrN4O4S/c1-20(30(39)36-27-13-6-5-12-26(27)29(34)38)42-25-16-14-24(15-17-25)35-32(41)28(19-21-8-7-11-23(33)18-21)37-31(40)22-9-3-2-4-10-22/h2-20H,1H3,(H2,34,38)(H,35,41)(H,36,39)(H,37,40)/b28-19-. The quantitative estimate of drug-likeness (QED) is 0.123. The van der Waals surface area contributed by atoms with Crippen LogP contribution in [0.4, 0.5) is 11.4 Å². The van der Waals surface area contributed by atoms with Crippen molar-refractivity contribution in [3.8, 4) is 0 Å². The molecule has 0 aliphatic rings. The van der Waals surface area contributed by atoms with E-state index in [1.165, 1.54) is 11.8 Å². The van der Waals surface area contributed by atoms with Crippen LogP contribution >= 0.6 is 27.7 Å². The maximum absolute atomic E-state index is 13.3. The highest BCUT2D eigenvalue weighted by atomic mass is 79.9. The van der Waals surface area contributed by atoms with Gasteiger partial charge >= 0.3 is 0 Å². The minimum absolute atomic E-state index is 0.0712. The van der Waals surface area contributed by atoms with Crippen molar-refractivity contribution in [2.24, 2.45) is 5.73 Å². The third kappa shape index (κ3) is 8.42. The molecule has 4 aromatic rings. The molecule has 0 saturated heterocycles. The van der Waals surface area contributed by atoms with Crippen LogP contribution in [0.5, 0.6) is 0 Å². The van der Waals surface area contributed by atoms with Crippen molar-refractivity contribution in [3.63, 3.8) is 0 Å². The average Bonchev–Trinajstić information content (AvgIpc) is 2.98. The van der Waals surface area contributed by atoms with Crippen LogP contribution in [0, 0.1) is 0 Å². The molecule has 0 spiro atoms. The topological polar surface area (TPSA) is 130 Å². The molecular weight excluding hydrogens is 616 g/mol. The van der Waals surface area contributed by atoms with Gasteiger partial charge in [-0.3, -0.25) is 19.2 Å². The van der Waals surface area contributed by atoms with Gasteiger partial charge in [0.05, 0.1) is 16.5 Å². The molecule has 4 aromatic carbocycles. The maximum atomic E-state index is 13.3. The first-order valence-corrected chi connectivity index (χ1v) is 14.5. The number of para-hydroxylation sites is 1. The maximum Gasteiger partial charge on any atom is 0.272 e. The molecular formula is C32H27BrN4O4S. The zero-order valence-corrected chi connectivity index (χ0v) is 24.9. The van der Waals surface area contributed by atoms with Crippen LogP contribution in [0.1, 0.15) is 33.2 Å². The van der Waals surface area contributed by atoms with E-state index in [9.17, 15) is 19.2 Å². The highest BCUT2D eigenvalue weighted by Crippen LogP contribution is 2.26. The Labute approximate surface area is 255 Å². The summed E-state index contributed by atoms with van der Waals surface area (Å²) in [5.41, 5.74) is 7.71.